The van der Waals surface area contributed by atoms with Gasteiger partial charge in [0.05, 0.1) is 24.9 Å². The molecule has 0 bridgehead atoms. The monoisotopic (exact) mass is 263 g/mol. The summed E-state index contributed by atoms with van der Waals surface area (Å²) >= 11 is 0. The molecule has 0 spiro atoms. The van der Waals surface area contributed by atoms with Crippen LogP contribution in [0, 0.1) is 0 Å². The Labute approximate surface area is 116 Å². The molecule has 0 radical (unpaired) electrons. The Bertz CT molecular complexity index is 367. The maximum absolute atomic E-state index is 6.00. The smallest absolute Gasteiger partial charge is 0.0720 e. The van der Waals surface area contributed by atoms with Crippen molar-refractivity contribution in [1.29, 1.82) is 0 Å². The molecule has 1 aromatic rings. The lowest BCUT2D eigenvalue weighted by atomic mass is 10.0. The van der Waals surface area contributed by atoms with Crippen molar-refractivity contribution >= 4 is 0 Å². The van der Waals surface area contributed by atoms with Crippen LogP contribution < -0.4 is 5.73 Å². The van der Waals surface area contributed by atoms with Crippen molar-refractivity contribution in [3.8, 4) is 0 Å². The van der Waals surface area contributed by atoms with Crippen LogP contribution in [0.2, 0.25) is 0 Å². The van der Waals surface area contributed by atoms with Gasteiger partial charge in [0.1, 0.15) is 0 Å². The van der Waals surface area contributed by atoms with E-state index in [1.165, 1.54) is 11.1 Å². The van der Waals surface area contributed by atoms with E-state index in [1.54, 1.807) is 0 Å². The summed E-state index contributed by atoms with van der Waals surface area (Å²) in [5.41, 5.74) is 8.06. The molecule has 19 heavy (non-hydrogen) atoms. The third kappa shape index (κ3) is 4.60. The van der Waals surface area contributed by atoms with Gasteiger partial charge in [0, 0.05) is 0 Å². The van der Waals surface area contributed by atoms with Crippen molar-refractivity contribution in [2.45, 2.75) is 58.0 Å². The Hall–Kier alpha value is -0.900. The molecule has 0 amide bonds. The minimum atomic E-state index is 0.306. The lowest BCUT2D eigenvalue weighted by molar-refractivity contribution is -0.106. The van der Waals surface area contributed by atoms with Crippen molar-refractivity contribution in [2.75, 3.05) is 6.54 Å². The van der Waals surface area contributed by atoms with Gasteiger partial charge in [-0.1, -0.05) is 24.3 Å². The van der Waals surface area contributed by atoms with Gasteiger partial charge in [0.2, 0.25) is 0 Å². The van der Waals surface area contributed by atoms with Crippen LogP contribution in [-0.4, -0.2) is 24.9 Å². The second-order valence-corrected chi connectivity index (χ2v) is 5.52. The Morgan fingerprint density at radius 3 is 2.26 bits per heavy atom. The third-order valence-corrected chi connectivity index (χ3v) is 3.60. The topological polar surface area (TPSA) is 44.5 Å². The first-order valence-corrected chi connectivity index (χ1v) is 7.22. The predicted molar refractivity (Wildman–Crippen MR) is 77.0 cm³/mol. The Morgan fingerprint density at radius 1 is 1.11 bits per heavy atom. The SMILES string of the molecule is CC1CC(OCc2ccc(CCN)cc2)CC(C)O1. The van der Waals surface area contributed by atoms with E-state index >= 15 is 0 Å². The second kappa shape index (κ2) is 7.04. The zero-order valence-corrected chi connectivity index (χ0v) is 12.0. The molecule has 0 aromatic heterocycles. The fourth-order valence-corrected chi connectivity index (χ4v) is 2.66. The van der Waals surface area contributed by atoms with E-state index < -0.39 is 0 Å². The molecule has 1 heterocycles. The normalized spacial score (nSPS) is 27.4. The molecular formula is C16H25NO2. The van der Waals surface area contributed by atoms with E-state index in [0.717, 1.165) is 19.3 Å². The van der Waals surface area contributed by atoms with Gasteiger partial charge in [-0.2, -0.15) is 0 Å². The molecule has 2 N–H and O–H groups in total. The van der Waals surface area contributed by atoms with Crippen LogP contribution in [-0.2, 0) is 22.5 Å². The second-order valence-electron chi connectivity index (χ2n) is 5.52. The maximum atomic E-state index is 6.00. The summed E-state index contributed by atoms with van der Waals surface area (Å²) in [6.45, 7) is 5.63. The largest absolute Gasteiger partial charge is 0.375 e. The Balaban J connectivity index is 1.81. The molecule has 2 unspecified atom stereocenters. The van der Waals surface area contributed by atoms with Crippen LogP contribution in [0.5, 0.6) is 0 Å². The molecule has 3 nitrogen and oxygen atoms in total. The fourth-order valence-electron chi connectivity index (χ4n) is 2.66. The zero-order chi connectivity index (χ0) is 13.7. The molecule has 1 aliphatic rings. The molecule has 0 aliphatic carbocycles. The highest BCUT2D eigenvalue weighted by atomic mass is 16.5. The van der Waals surface area contributed by atoms with Crippen LogP contribution in [0.3, 0.4) is 0 Å². The number of benzene rings is 1. The van der Waals surface area contributed by atoms with Gasteiger partial charge in [0.15, 0.2) is 0 Å². The first kappa shape index (κ1) is 14.5. The van der Waals surface area contributed by atoms with E-state index in [0.29, 0.717) is 31.5 Å². The summed E-state index contributed by atoms with van der Waals surface area (Å²) in [7, 11) is 0. The van der Waals surface area contributed by atoms with Crippen molar-refractivity contribution in [1.82, 2.24) is 0 Å². The standard InChI is InChI=1S/C16H25NO2/c1-12-9-16(10-13(2)19-12)18-11-15-5-3-14(4-6-15)7-8-17/h3-6,12-13,16H,7-11,17H2,1-2H3. The van der Waals surface area contributed by atoms with Crippen molar-refractivity contribution in [2.24, 2.45) is 5.73 Å². The number of nitrogens with two attached hydrogens (primary N) is 1. The van der Waals surface area contributed by atoms with Gasteiger partial charge in [-0.3, -0.25) is 0 Å². The van der Waals surface area contributed by atoms with Crippen molar-refractivity contribution in [3.05, 3.63) is 35.4 Å². The minimum absolute atomic E-state index is 0.306. The number of hydrogen-bond donors (Lipinski definition) is 1. The van der Waals surface area contributed by atoms with Gasteiger partial charge in [-0.25, -0.2) is 0 Å². The van der Waals surface area contributed by atoms with E-state index in [2.05, 4.69) is 38.1 Å². The van der Waals surface area contributed by atoms with Gasteiger partial charge >= 0.3 is 0 Å². The molecule has 2 rings (SSSR count). The van der Waals surface area contributed by atoms with Gasteiger partial charge in [-0.05, 0) is 50.8 Å². The van der Waals surface area contributed by atoms with Crippen LogP contribution in [0.25, 0.3) is 0 Å². The summed E-state index contributed by atoms with van der Waals surface area (Å²) in [4.78, 5) is 0. The first-order valence-electron chi connectivity index (χ1n) is 7.22. The Kier molecular flexibility index (Phi) is 5.37. The number of ether oxygens (including phenoxy) is 2. The first-order chi connectivity index (χ1) is 9.17. The molecule has 1 fully saturated rings. The average molecular weight is 263 g/mol. The lowest BCUT2D eigenvalue weighted by Crippen LogP contribution is -2.33. The highest BCUT2D eigenvalue weighted by Crippen LogP contribution is 2.22. The van der Waals surface area contributed by atoms with E-state index in [4.69, 9.17) is 15.2 Å². The molecule has 1 saturated heterocycles. The molecule has 2 atom stereocenters. The molecule has 106 valence electrons. The number of rotatable bonds is 5. The minimum Gasteiger partial charge on any atom is -0.375 e. The van der Waals surface area contributed by atoms with Gasteiger partial charge in [-0.15, -0.1) is 0 Å². The predicted octanol–water partition coefficient (Wildman–Crippen LogP) is 2.66. The molecule has 1 aromatic carbocycles. The van der Waals surface area contributed by atoms with Crippen molar-refractivity contribution in [3.63, 3.8) is 0 Å². The highest BCUT2D eigenvalue weighted by molar-refractivity contribution is 5.22. The van der Waals surface area contributed by atoms with Crippen molar-refractivity contribution < 1.29 is 9.47 Å². The summed E-state index contributed by atoms with van der Waals surface area (Å²) in [6, 6.07) is 8.55. The summed E-state index contributed by atoms with van der Waals surface area (Å²) in [5, 5.41) is 0. The average Bonchev–Trinajstić information content (AvgIpc) is 2.37. The maximum Gasteiger partial charge on any atom is 0.0720 e. The lowest BCUT2D eigenvalue weighted by Gasteiger charge is -2.32. The van der Waals surface area contributed by atoms with Gasteiger partial charge in [0.25, 0.3) is 0 Å². The summed E-state index contributed by atoms with van der Waals surface area (Å²) in [6.07, 6.45) is 3.87. The Morgan fingerprint density at radius 2 is 1.68 bits per heavy atom. The highest BCUT2D eigenvalue weighted by Gasteiger charge is 2.24. The summed E-state index contributed by atoms with van der Waals surface area (Å²) in [5.74, 6) is 0. The van der Waals surface area contributed by atoms with E-state index in [-0.39, 0.29) is 0 Å². The fraction of sp³-hybridized carbons (Fsp3) is 0.625. The quantitative estimate of drug-likeness (QED) is 0.888. The van der Waals surface area contributed by atoms with Crippen LogP contribution >= 0.6 is 0 Å². The van der Waals surface area contributed by atoms with Crippen LogP contribution in [0.15, 0.2) is 24.3 Å². The zero-order valence-electron chi connectivity index (χ0n) is 12.0. The molecule has 0 saturated carbocycles. The van der Waals surface area contributed by atoms with Crippen LogP contribution in [0.1, 0.15) is 37.8 Å². The molecular weight excluding hydrogens is 238 g/mol. The molecule has 1 aliphatic heterocycles. The third-order valence-electron chi connectivity index (χ3n) is 3.60. The van der Waals surface area contributed by atoms with E-state index in [1.807, 2.05) is 0 Å². The number of hydrogen-bond acceptors (Lipinski definition) is 3. The van der Waals surface area contributed by atoms with E-state index in [9.17, 15) is 0 Å². The molecule has 3 heteroatoms. The van der Waals surface area contributed by atoms with Crippen LogP contribution in [0.4, 0.5) is 0 Å². The summed E-state index contributed by atoms with van der Waals surface area (Å²) < 4.78 is 11.7. The van der Waals surface area contributed by atoms with Gasteiger partial charge < -0.3 is 15.2 Å².